The van der Waals surface area contributed by atoms with Gasteiger partial charge in [0.05, 0.1) is 16.3 Å². The average Bonchev–Trinajstić information content (AvgIpc) is 3.12. The standard InChI is InChI=1S/C21H16N4O2S/c1-14(24-25-22)15-7-12-19-20(13-15)28-21(23-19)27-18-10-8-17(9-11-18)26-16-5-3-2-4-6-16/h2-14H,1H3. The van der Waals surface area contributed by atoms with E-state index in [1.807, 2.05) is 79.7 Å². The molecule has 1 heterocycles. The Morgan fingerprint density at radius 3 is 2.32 bits per heavy atom. The Bertz CT molecular complexity index is 1140. The van der Waals surface area contributed by atoms with E-state index in [4.69, 9.17) is 15.0 Å². The van der Waals surface area contributed by atoms with E-state index in [9.17, 15) is 0 Å². The van der Waals surface area contributed by atoms with Crippen LogP contribution in [-0.4, -0.2) is 4.98 Å². The van der Waals surface area contributed by atoms with Crippen LogP contribution >= 0.6 is 11.3 Å². The summed E-state index contributed by atoms with van der Waals surface area (Å²) in [6, 6.07) is 22.6. The Morgan fingerprint density at radius 2 is 1.61 bits per heavy atom. The summed E-state index contributed by atoms with van der Waals surface area (Å²) in [6.45, 7) is 1.86. The predicted molar refractivity (Wildman–Crippen MR) is 110 cm³/mol. The number of aromatic nitrogens is 1. The Hall–Kier alpha value is -3.54. The summed E-state index contributed by atoms with van der Waals surface area (Å²) in [6.07, 6.45) is 0. The van der Waals surface area contributed by atoms with Gasteiger partial charge in [-0.15, -0.1) is 0 Å². The van der Waals surface area contributed by atoms with Crippen molar-refractivity contribution in [2.75, 3.05) is 0 Å². The topological polar surface area (TPSA) is 80.1 Å². The molecular formula is C21H16N4O2S. The van der Waals surface area contributed by atoms with Crippen LogP contribution in [0.5, 0.6) is 22.4 Å². The van der Waals surface area contributed by atoms with Crippen LogP contribution in [0.3, 0.4) is 0 Å². The number of azide groups is 1. The minimum Gasteiger partial charge on any atom is -0.457 e. The first-order chi connectivity index (χ1) is 13.7. The van der Waals surface area contributed by atoms with Crippen molar-refractivity contribution in [3.63, 3.8) is 0 Å². The van der Waals surface area contributed by atoms with Crippen molar-refractivity contribution >= 4 is 21.6 Å². The number of para-hydroxylation sites is 1. The van der Waals surface area contributed by atoms with Crippen molar-refractivity contribution in [1.82, 2.24) is 4.98 Å². The summed E-state index contributed by atoms with van der Waals surface area (Å²) < 4.78 is 12.7. The Kier molecular flexibility index (Phi) is 5.10. The molecule has 0 amide bonds. The molecule has 3 aromatic carbocycles. The van der Waals surface area contributed by atoms with Gasteiger partial charge in [0.15, 0.2) is 0 Å². The van der Waals surface area contributed by atoms with Crippen LogP contribution in [0.25, 0.3) is 20.7 Å². The molecule has 0 aliphatic heterocycles. The number of thiazole rings is 1. The molecule has 0 saturated heterocycles. The normalized spacial score (nSPS) is 11.6. The van der Waals surface area contributed by atoms with Gasteiger partial charge in [-0.2, -0.15) is 0 Å². The van der Waals surface area contributed by atoms with Crippen molar-refractivity contribution in [3.05, 3.63) is 88.8 Å². The maximum Gasteiger partial charge on any atom is 0.279 e. The molecule has 0 bridgehead atoms. The second-order valence-corrected chi connectivity index (χ2v) is 7.07. The van der Waals surface area contributed by atoms with Crippen molar-refractivity contribution in [3.8, 4) is 22.4 Å². The summed E-state index contributed by atoms with van der Waals surface area (Å²) in [5.41, 5.74) is 10.4. The van der Waals surface area contributed by atoms with Gasteiger partial charge in [-0.05, 0) is 59.6 Å². The fourth-order valence-corrected chi connectivity index (χ4v) is 3.55. The van der Waals surface area contributed by atoms with Gasteiger partial charge >= 0.3 is 0 Å². The van der Waals surface area contributed by atoms with Gasteiger partial charge in [0, 0.05) is 4.91 Å². The SMILES string of the molecule is CC(N=[N+]=[N-])c1ccc2nc(Oc3ccc(Oc4ccccc4)cc3)sc2c1. The van der Waals surface area contributed by atoms with Crippen molar-refractivity contribution in [2.24, 2.45) is 5.11 Å². The highest BCUT2D eigenvalue weighted by atomic mass is 32.1. The lowest BCUT2D eigenvalue weighted by Gasteiger charge is -2.06. The molecular weight excluding hydrogens is 372 g/mol. The number of benzene rings is 3. The molecule has 0 radical (unpaired) electrons. The van der Waals surface area contributed by atoms with Crippen LogP contribution < -0.4 is 9.47 Å². The van der Waals surface area contributed by atoms with Crippen LogP contribution in [0.1, 0.15) is 18.5 Å². The molecule has 1 atom stereocenters. The van der Waals surface area contributed by atoms with Gasteiger partial charge in [0.1, 0.15) is 17.2 Å². The Balaban J connectivity index is 1.49. The monoisotopic (exact) mass is 388 g/mol. The molecule has 0 fully saturated rings. The van der Waals surface area contributed by atoms with E-state index in [0.717, 1.165) is 27.3 Å². The molecule has 1 aromatic heterocycles. The largest absolute Gasteiger partial charge is 0.457 e. The van der Waals surface area contributed by atoms with E-state index in [-0.39, 0.29) is 6.04 Å². The Labute approximate surface area is 165 Å². The summed E-state index contributed by atoms with van der Waals surface area (Å²) in [5.74, 6) is 2.20. The first-order valence-corrected chi connectivity index (χ1v) is 9.48. The second kappa shape index (κ2) is 8.00. The summed E-state index contributed by atoms with van der Waals surface area (Å²) in [4.78, 5) is 7.37. The van der Waals surface area contributed by atoms with E-state index >= 15 is 0 Å². The van der Waals surface area contributed by atoms with Crippen molar-refractivity contribution in [1.29, 1.82) is 0 Å². The quantitative estimate of drug-likeness (QED) is 0.198. The zero-order chi connectivity index (χ0) is 19.3. The fourth-order valence-electron chi connectivity index (χ4n) is 2.67. The highest BCUT2D eigenvalue weighted by Crippen LogP contribution is 2.34. The van der Waals surface area contributed by atoms with Crippen molar-refractivity contribution < 1.29 is 9.47 Å². The van der Waals surface area contributed by atoms with E-state index in [2.05, 4.69) is 15.0 Å². The molecule has 7 heteroatoms. The molecule has 1 unspecified atom stereocenters. The number of hydrogen-bond donors (Lipinski definition) is 0. The molecule has 0 aliphatic carbocycles. The molecule has 0 N–H and O–H groups in total. The van der Waals surface area contributed by atoms with Gasteiger partial charge in [0.25, 0.3) is 5.19 Å². The molecule has 4 rings (SSSR count). The third-order valence-electron chi connectivity index (χ3n) is 4.11. The third-order valence-corrected chi connectivity index (χ3v) is 5.00. The van der Waals surface area contributed by atoms with Gasteiger partial charge < -0.3 is 9.47 Å². The Morgan fingerprint density at radius 1 is 0.929 bits per heavy atom. The van der Waals surface area contributed by atoms with Crippen LogP contribution in [0.15, 0.2) is 77.9 Å². The van der Waals surface area contributed by atoms with E-state index in [0.29, 0.717) is 10.9 Å². The molecule has 138 valence electrons. The molecule has 4 aromatic rings. The number of rotatable bonds is 6. The third kappa shape index (κ3) is 4.06. The summed E-state index contributed by atoms with van der Waals surface area (Å²) in [7, 11) is 0. The molecule has 28 heavy (non-hydrogen) atoms. The lowest BCUT2D eigenvalue weighted by molar-refractivity contribution is 0.468. The van der Waals surface area contributed by atoms with Gasteiger partial charge in [-0.1, -0.05) is 47.6 Å². The van der Waals surface area contributed by atoms with E-state index < -0.39 is 0 Å². The zero-order valence-electron chi connectivity index (χ0n) is 15.0. The fraction of sp³-hybridized carbons (Fsp3) is 0.0952. The number of ether oxygens (including phenoxy) is 2. The first-order valence-electron chi connectivity index (χ1n) is 8.67. The van der Waals surface area contributed by atoms with Crippen LogP contribution in [-0.2, 0) is 0 Å². The molecule has 0 spiro atoms. The molecule has 6 nitrogen and oxygen atoms in total. The van der Waals surface area contributed by atoms with Gasteiger partial charge in [-0.3, -0.25) is 0 Å². The second-order valence-electron chi connectivity index (χ2n) is 6.08. The van der Waals surface area contributed by atoms with Gasteiger partial charge in [0.2, 0.25) is 0 Å². The van der Waals surface area contributed by atoms with Crippen molar-refractivity contribution in [2.45, 2.75) is 13.0 Å². The number of hydrogen-bond acceptors (Lipinski definition) is 5. The van der Waals surface area contributed by atoms with Crippen LogP contribution in [0.4, 0.5) is 0 Å². The van der Waals surface area contributed by atoms with E-state index in [1.54, 1.807) is 0 Å². The van der Waals surface area contributed by atoms with Crippen LogP contribution in [0.2, 0.25) is 0 Å². The first kappa shape index (κ1) is 17.9. The lowest BCUT2D eigenvalue weighted by atomic mass is 10.1. The highest BCUT2D eigenvalue weighted by Gasteiger charge is 2.10. The minimum atomic E-state index is -0.224. The lowest BCUT2D eigenvalue weighted by Crippen LogP contribution is -1.87. The summed E-state index contributed by atoms with van der Waals surface area (Å²) >= 11 is 1.45. The summed E-state index contributed by atoms with van der Waals surface area (Å²) in [5, 5.41) is 4.29. The molecule has 0 aliphatic rings. The van der Waals surface area contributed by atoms with Crippen LogP contribution in [0, 0.1) is 0 Å². The number of fused-ring (bicyclic) bond motifs is 1. The minimum absolute atomic E-state index is 0.224. The van der Waals surface area contributed by atoms with Gasteiger partial charge in [-0.25, -0.2) is 4.98 Å². The maximum absolute atomic E-state index is 8.60. The highest BCUT2D eigenvalue weighted by molar-refractivity contribution is 7.20. The van der Waals surface area contributed by atoms with E-state index in [1.165, 1.54) is 11.3 Å². The molecule has 0 saturated carbocycles. The predicted octanol–water partition coefficient (Wildman–Crippen LogP) is 7.25. The number of nitrogens with zero attached hydrogens (tertiary/aromatic N) is 4. The average molecular weight is 388 g/mol. The zero-order valence-corrected chi connectivity index (χ0v) is 15.8. The smallest absolute Gasteiger partial charge is 0.279 e. The maximum atomic E-state index is 8.60.